The van der Waals surface area contributed by atoms with Crippen molar-refractivity contribution >= 4 is 17.2 Å². The van der Waals surface area contributed by atoms with Crippen LogP contribution in [0.25, 0.3) is 0 Å². The van der Waals surface area contributed by atoms with Crippen molar-refractivity contribution in [2.45, 2.75) is 32.4 Å². The van der Waals surface area contributed by atoms with Gasteiger partial charge < -0.3 is 4.90 Å². The van der Waals surface area contributed by atoms with Crippen molar-refractivity contribution < 1.29 is 4.79 Å². The van der Waals surface area contributed by atoms with Crippen LogP contribution in [-0.4, -0.2) is 26.9 Å². The minimum Gasteiger partial charge on any atom is -0.334 e. The molecule has 3 rings (SSSR count). The molecule has 1 amide bonds. The number of amides is 1. The molecule has 2 aromatic rings. The highest BCUT2D eigenvalue weighted by molar-refractivity contribution is 7.10. The number of H-pyrrole nitrogens is 1. The molecule has 3 heterocycles. The van der Waals surface area contributed by atoms with Gasteiger partial charge in [-0.1, -0.05) is 6.92 Å². The molecule has 1 N–H and O–H groups in total. The molecule has 1 aliphatic rings. The van der Waals surface area contributed by atoms with Gasteiger partial charge in [0.25, 0.3) is 5.56 Å². The van der Waals surface area contributed by atoms with E-state index in [1.54, 1.807) is 11.3 Å². The minimum absolute atomic E-state index is 0.0500. The largest absolute Gasteiger partial charge is 0.334 e. The number of hydrogen-bond donors (Lipinski definition) is 1. The standard InChI is InChI=1S/C15H17N3O3S/c1-2-11-10-5-8-22-12(10)3-7-18(11)14(20)9-17-6-4-13(19)16-15(17)21/h4-6,8,11H,2-3,7,9H2,1H3,(H,16,19,21)/t11-/m1/s1. The Hall–Kier alpha value is -2.15. The van der Waals surface area contributed by atoms with E-state index in [1.165, 1.54) is 27.3 Å². The van der Waals surface area contributed by atoms with Crippen LogP contribution in [-0.2, 0) is 17.8 Å². The van der Waals surface area contributed by atoms with E-state index in [-0.39, 0.29) is 18.5 Å². The number of thiophene rings is 1. The molecule has 1 aliphatic heterocycles. The minimum atomic E-state index is -0.554. The zero-order chi connectivity index (χ0) is 15.7. The van der Waals surface area contributed by atoms with E-state index in [0.29, 0.717) is 6.54 Å². The second-order valence-electron chi connectivity index (χ2n) is 5.30. The number of nitrogens with zero attached hydrogens (tertiary/aromatic N) is 2. The lowest BCUT2D eigenvalue weighted by atomic mass is 9.98. The molecule has 116 valence electrons. The number of aromatic nitrogens is 2. The highest BCUT2D eigenvalue weighted by Gasteiger charge is 2.30. The van der Waals surface area contributed by atoms with Crippen molar-refractivity contribution in [2.24, 2.45) is 0 Å². The zero-order valence-corrected chi connectivity index (χ0v) is 13.1. The molecule has 2 aromatic heterocycles. The first-order chi connectivity index (χ1) is 10.6. The Labute approximate surface area is 131 Å². The number of nitrogens with one attached hydrogen (secondary N) is 1. The van der Waals surface area contributed by atoms with Crippen LogP contribution in [0.1, 0.15) is 29.8 Å². The smallest absolute Gasteiger partial charge is 0.328 e. The number of aromatic amines is 1. The van der Waals surface area contributed by atoms with Crippen LogP contribution < -0.4 is 11.2 Å². The predicted molar refractivity (Wildman–Crippen MR) is 84.1 cm³/mol. The lowest BCUT2D eigenvalue weighted by Gasteiger charge is -2.35. The summed E-state index contributed by atoms with van der Waals surface area (Å²) in [5, 5.41) is 2.06. The number of carbonyl (C=O) groups excluding carboxylic acids is 1. The maximum absolute atomic E-state index is 12.6. The van der Waals surface area contributed by atoms with E-state index >= 15 is 0 Å². The predicted octanol–water partition coefficient (Wildman–Crippen LogP) is 1.13. The molecular weight excluding hydrogens is 302 g/mol. The van der Waals surface area contributed by atoms with E-state index in [2.05, 4.69) is 23.4 Å². The Balaban J connectivity index is 1.83. The normalized spacial score (nSPS) is 17.3. The second kappa shape index (κ2) is 5.92. The molecular formula is C15H17N3O3S. The van der Waals surface area contributed by atoms with Gasteiger partial charge in [-0.05, 0) is 29.9 Å². The van der Waals surface area contributed by atoms with Gasteiger partial charge in [0, 0.05) is 23.7 Å². The third-order valence-electron chi connectivity index (χ3n) is 4.00. The highest BCUT2D eigenvalue weighted by Crippen LogP contribution is 2.35. The van der Waals surface area contributed by atoms with Gasteiger partial charge >= 0.3 is 5.69 Å². The topological polar surface area (TPSA) is 75.2 Å². The van der Waals surface area contributed by atoms with Crippen LogP contribution >= 0.6 is 11.3 Å². The lowest BCUT2D eigenvalue weighted by molar-refractivity contribution is -0.135. The fourth-order valence-electron chi connectivity index (χ4n) is 2.94. The van der Waals surface area contributed by atoms with Crippen molar-refractivity contribution in [3.63, 3.8) is 0 Å². The monoisotopic (exact) mass is 319 g/mol. The Morgan fingerprint density at radius 3 is 2.95 bits per heavy atom. The average Bonchev–Trinajstić information content (AvgIpc) is 2.97. The Kier molecular flexibility index (Phi) is 3.98. The molecule has 6 nitrogen and oxygen atoms in total. The van der Waals surface area contributed by atoms with Crippen LogP contribution in [0.2, 0.25) is 0 Å². The Bertz CT molecular complexity index is 805. The van der Waals surface area contributed by atoms with E-state index in [1.807, 2.05) is 4.90 Å². The molecule has 22 heavy (non-hydrogen) atoms. The van der Waals surface area contributed by atoms with Gasteiger partial charge in [-0.15, -0.1) is 11.3 Å². The summed E-state index contributed by atoms with van der Waals surface area (Å²) in [7, 11) is 0. The first kappa shape index (κ1) is 14.8. The quantitative estimate of drug-likeness (QED) is 0.921. The van der Waals surface area contributed by atoms with Crippen LogP contribution in [0, 0.1) is 0 Å². The number of rotatable bonds is 3. The Morgan fingerprint density at radius 2 is 2.23 bits per heavy atom. The molecule has 0 fully saturated rings. The fraction of sp³-hybridized carbons (Fsp3) is 0.400. The van der Waals surface area contributed by atoms with Crippen molar-refractivity contribution in [1.82, 2.24) is 14.5 Å². The Morgan fingerprint density at radius 1 is 1.41 bits per heavy atom. The van der Waals surface area contributed by atoms with E-state index < -0.39 is 11.2 Å². The summed E-state index contributed by atoms with van der Waals surface area (Å²) in [4.78, 5) is 40.7. The fourth-order valence-corrected chi connectivity index (χ4v) is 3.87. The summed E-state index contributed by atoms with van der Waals surface area (Å²) in [5.41, 5.74) is 0.212. The first-order valence-electron chi connectivity index (χ1n) is 7.25. The molecule has 0 radical (unpaired) electrons. The van der Waals surface area contributed by atoms with Crippen molar-refractivity contribution in [3.8, 4) is 0 Å². The molecule has 0 saturated heterocycles. The number of fused-ring (bicyclic) bond motifs is 1. The molecule has 7 heteroatoms. The summed E-state index contributed by atoms with van der Waals surface area (Å²) in [6.45, 7) is 2.68. The van der Waals surface area contributed by atoms with Crippen molar-refractivity contribution in [1.29, 1.82) is 0 Å². The highest BCUT2D eigenvalue weighted by atomic mass is 32.1. The van der Waals surface area contributed by atoms with Crippen LogP contribution in [0.4, 0.5) is 0 Å². The molecule has 0 aliphatic carbocycles. The number of hydrogen-bond acceptors (Lipinski definition) is 4. The van der Waals surface area contributed by atoms with Gasteiger partial charge in [0.05, 0.1) is 6.04 Å². The van der Waals surface area contributed by atoms with Gasteiger partial charge in [-0.2, -0.15) is 0 Å². The van der Waals surface area contributed by atoms with Gasteiger partial charge in [0.2, 0.25) is 5.91 Å². The second-order valence-corrected chi connectivity index (χ2v) is 6.30. The summed E-state index contributed by atoms with van der Waals surface area (Å²) in [6.07, 6.45) is 3.06. The molecule has 0 saturated carbocycles. The first-order valence-corrected chi connectivity index (χ1v) is 8.13. The van der Waals surface area contributed by atoms with Crippen LogP contribution in [0.15, 0.2) is 33.3 Å². The van der Waals surface area contributed by atoms with Gasteiger partial charge in [0.1, 0.15) is 6.54 Å². The summed E-state index contributed by atoms with van der Waals surface area (Å²) in [6, 6.07) is 3.40. The van der Waals surface area contributed by atoms with E-state index in [0.717, 1.165) is 12.8 Å². The SMILES string of the molecule is CC[C@@H]1c2ccsc2CCN1C(=O)Cn1ccc(=O)[nH]c1=O. The molecule has 0 spiro atoms. The van der Waals surface area contributed by atoms with E-state index in [9.17, 15) is 14.4 Å². The van der Waals surface area contributed by atoms with Crippen LogP contribution in [0.3, 0.4) is 0 Å². The lowest BCUT2D eigenvalue weighted by Crippen LogP contribution is -2.43. The zero-order valence-electron chi connectivity index (χ0n) is 12.2. The van der Waals surface area contributed by atoms with E-state index in [4.69, 9.17) is 0 Å². The molecule has 1 atom stereocenters. The van der Waals surface area contributed by atoms with Crippen molar-refractivity contribution in [3.05, 3.63) is 55.0 Å². The van der Waals surface area contributed by atoms with Gasteiger partial charge in [-0.25, -0.2) is 4.79 Å². The van der Waals surface area contributed by atoms with Gasteiger partial charge in [0.15, 0.2) is 0 Å². The summed E-state index contributed by atoms with van der Waals surface area (Å²) >= 11 is 1.73. The molecule has 0 unspecified atom stereocenters. The average molecular weight is 319 g/mol. The van der Waals surface area contributed by atoms with Crippen molar-refractivity contribution in [2.75, 3.05) is 6.54 Å². The third-order valence-corrected chi connectivity index (χ3v) is 5.00. The number of carbonyl (C=O) groups is 1. The third kappa shape index (κ3) is 2.64. The maximum atomic E-state index is 12.6. The maximum Gasteiger partial charge on any atom is 0.328 e. The summed E-state index contributed by atoms with van der Waals surface area (Å²) < 4.78 is 1.24. The summed E-state index contributed by atoms with van der Waals surface area (Å²) in [5.74, 6) is -0.0992. The molecule has 0 aromatic carbocycles. The van der Waals surface area contributed by atoms with Gasteiger partial charge in [-0.3, -0.25) is 19.1 Å². The van der Waals surface area contributed by atoms with Crippen LogP contribution in [0.5, 0.6) is 0 Å². The molecule has 0 bridgehead atoms.